The van der Waals surface area contributed by atoms with E-state index < -0.39 is 5.97 Å². The molecule has 0 fully saturated rings. The number of hydrogen-bond acceptors (Lipinski definition) is 6. The van der Waals surface area contributed by atoms with E-state index in [0.717, 1.165) is 18.5 Å². The maximum Gasteiger partial charge on any atom is 0.337 e. The minimum atomic E-state index is -0.391. The molecule has 0 aliphatic rings. The monoisotopic (exact) mass is 342 g/mol. The molecule has 1 amide bonds. The number of carbonyl (C=O) groups is 2. The molecular weight excluding hydrogens is 320 g/mol. The minimum absolute atomic E-state index is 0.0950. The van der Waals surface area contributed by atoms with Crippen LogP contribution in [0.3, 0.4) is 0 Å². The van der Waals surface area contributed by atoms with Crippen LogP contribution in [0.4, 0.5) is 11.6 Å². The maximum absolute atomic E-state index is 12.2. The van der Waals surface area contributed by atoms with Crippen molar-refractivity contribution < 1.29 is 14.3 Å². The lowest BCUT2D eigenvalue weighted by molar-refractivity contribution is 0.0600. The number of methoxy groups -OCH3 is 1. The molecule has 1 N–H and O–H groups in total. The molecule has 7 heteroatoms. The van der Waals surface area contributed by atoms with E-state index in [9.17, 15) is 9.59 Å². The van der Waals surface area contributed by atoms with Crippen molar-refractivity contribution in [1.29, 1.82) is 0 Å². The summed E-state index contributed by atoms with van der Waals surface area (Å²) in [4.78, 5) is 33.6. The van der Waals surface area contributed by atoms with Gasteiger partial charge in [0.2, 0.25) is 5.95 Å². The Labute approximate surface area is 147 Å². The normalized spacial score (nSPS) is 10.2. The third-order valence-electron chi connectivity index (χ3n) is 3.65. The van der Waals surface area contributed by atoms with Crippen LogP contribution in [-0.2, 0) is 4.74 Å². The van der Waals surface area contributed by atoms with E-state index >= 15 is 0 Å². The second-order valence-corrected chi connectivity index (χ2v) is 5.57. The average molecular weight is 342 g/mol. The van der Waals surface area contributed by atoms with Gasteiger partial charge in [-0.05, 0) is 30.7 Å². The van der Waals surface area contributed by atoms with Crippen molar-refractivity contribution >= 4 is 23.5 Å². The Balaban J connectivity index is 2.00. The lowest BCUT2D eigenvalue weighted by Crippen LogP contribution is -2.27. The summed E-state index contributed by atoms with van der Waals surface area (Å²) in [6.45, 7) is 2.79. The van der Waals surface area contributed by atoms with E-state index in [1.165, 1.54) is 19.5 Å². The molecule has 0 radical (unpaired) electrons. The summed E-state index contributed by atoms with van der Waals surface area (Å²) < 4.78 is 4.65. The van der Waals surface area contributed by atoms with Gasteiger partial charge in [-0.15, -0.1) is 0 Å². The first-order chi connectivity index (χ1) is 12.0. The quantitative estimate of drug-likeness (QED) is 0.779. The fraction of sp³-hybridized carbons (Fsp3) is 0.333. The number of ether oxygens (including phenoxy) is 1. The Hall–Kier alpha value is -2.96. The van der Waals surface area contributed by atoms with Crippen LogP contribution < -0.4 is 5.32 Å². The zero-order valence-electron chi connectivity index (χ0n) is 14.7. The van der Waals surface area contributed by atoms with Crippen LogP contribution in [0.1, 0.15) is 40.5 Å². The third-order valence-corrected chi connectivity index (χ3v) is 3.65. The lowest BCUT2D eigenvalue weighted by Gasteiger charge is -2.16. The zero-order chi connectivity index (χ0) is 18.2. The van der Waals surface area contributed by atoms with E-state index in [4.69, 9.17) is 0 Å². The summed E-state index contributed by atoms with van der Waals surface area (Å²) >= 11 is 0. The summed E-state index contributed by atoms with van der Waals surface area (Å²) in [5.41, 5.74) is 1.64. The van der Waals surface area contributed by atoms with Gasteiger partial charge < -0.3 is 15.0 Å². The highest BCUT2D eigenvalue weighted by Crippen LogP contribution is 2.14. The van der Waals surface area contributed by atoms with Crippen molar-refractivity contribution in [3.05, 3.63) is 47.8 Å². The molecule has 1 aromatic heterocycles. The van der Waals surface area contributed by atoms with Crippen molar-refractivity contribution in [1.82, 2.24) is 14.9 Å². The molecule has 0 saturated heterocycles. The maximum atomic E-state index is 12.2. The number of benzene rings is 1. The number of amides is 1. The molecule has 2 rings (SSSR count). The molecule has 25 heavy (non-hydrogen) atoms. The van der Waals surface area contributed by atoms with E-state index in [1.807, 2.05) is 0 Å². The second-order valence-electron chi connectivity index (χ2n) is 5.57. The molecule has 0 unspecified atom stereocenters. The minimum Gasteiger partial charge on any atom is -0.465 e. The van der Waals surface area contributed by atoms with Crippen LogP contribution in [0.25, 0.3) is 0 Å². The van der Waals surface area contributed by atoms with E-state index in [-0.39, 0.29) is 5.91 Å². The zero-order valence-corrected chi connectivity index (χ0v) is 14.7. The summed E-state index contributed by atoms with van der Waals surface area (Å²) in [6, 6.07) is 6.75. The van der Waals surface area contributed by atoms with Crippen molar-refractivity contribution in [3.8, 4) is 0 Å². The van der Waals surface area contributed by atoms with Crippen molar-refractivity contribution in [3.63, 3.8) is 0 Å². The molecule has 0 aliphatic heterocycles. The molecule has 2 aromatic rings. The Kier molecular flexibility index (Phi) is 6.45. The molecule has 0 saturated carbocycles. The fourth-order valence-electron chi connectivity index (χ4n) is 2.16. The summed E-state index contributed by atoms with van der Waals surface area (Å²) in [5, 5.41) is 3.02. The first-order valence-electron chi connectivity index (χ1n) is 8.08. The molecule has 1 aromatic carbocycles. The van der Waals surface area contributed by atoms with Crippen LogP contribution in [-0.4, -0.2) is 47.4 Å². The Morgan fingerprint density at radius 3 is 2.32 bits per heavy atom. The Morgan fingerprint density at radius 1 is 1.12 bits per heavy atom. The Morgan fingerprint density at radius 2 is 1.76 bits per heavy atom. The van der Waals surface area contributed by atoms with Crippen LogP contribution in [0.2, 0.25) is 0 Å². The van der Waals surface area contributed by atoms with Crippen LogP contribution in [0, 0.1) is 0 Å². The van der Waals surface area contributed by atoms with E-state index in [0.29, 0.717) is 23.6 Å². The number of anilines is 2. The first kappa shape index (κ1) is 18.4. The first-order valence-corrected chi connectivity index (χ1v) is 8.08. The van der Waals surface area contributed by atoms with Gasteiger partial charge in [0.15, 0.2) is 0 Å². The van der Waals surface area contributed by atoms with Gasteiger partial charge in [-0.1, -0.05) is 13.3 Å². The SMILES string of the molecule is CCCCN(C)C(=O)c1cnc(Nc2ccc(C(=O)OC)cc2)nc1. The number of unbranched alkanes of at least 4 members (excludes halogenated alkanes) is 1. The molecule has 0 atom stereocenters. The van der Waals surface area contributed by atoms with Crippen molar-refractivity contribution in [2.45, 2.75) is 19.8 Å². The highest BCUT2D eigenvalue weighted by molar-refractivity contribution is 5.93. The topological polar surface area (TPSA) is 84.4 Å². The van der Waals surface area contributed by atoms with Crippen LogP contribution in [0.15, 0.2) is 36.7 Å². The summed E-state index contributed by atoms with van der Waals surface area (Å²) in [6.07, 6.45) is 5.00. The van der Waals surface area contributed by atoms with E-state index in [2.05, 4.69) is 26.9 Å². The lowest BCUT2D eigenvalue weighted by atomic mass is 10.2. The van der Waals surface area contributed by atoms with Gasteiger partial charge in [0.05, 0.1) is 18.2 Å². The molecule has 0 bridgehead atoms. The number of nitrogens with one attached hydrogen (secondary N) is 1. The smallest absolute Gasteiger partial charge is 0.337 e. The van der Waals surface area contributed by atoms with Gasteiger partial charge in [-0.2, -0.15) is 0 Å². The molecule has 1 heterocycles. The number of esters is 1. The summed E-state index contributed by atoms with van der Waals surface area (Å²) in [5.74, 6) is -0.112. The van der Waals surface area contributed by atoms with E-state index in [1.54, 1.807) is 36.2 Å². The van der Waals surface area contributed by atoms with Gasteiger partial charge in [-0.3, -0.25) is 4.79 Å². The van der Waals surface area contributed by atoms with Crippen molar-refractivity contribution in [2.75, 3.05) is 26.0 Å². The number of nitrogens with zero attached hydrogens (tertiary/aromatic N) is 3. The van der Waals surface area contributed by atoms with Crippen molar-refractivity contribution in [2.24, 2.45) is 0 Å². The highest BCUT2D eigenvalue weighted by atomic mass is 16.5. The molecular formula is C18H22N4O3. The Bertz CT molecular complexity index is 714. The fourth-order valence-corrected chi connectivity index (χ4v) is 2.16. The van der Waals surface area contributed by atoms with Gasteiger partial charge in [-0.25, -0.2) is 14.8 Å². The van der Waals surface area contributed by atoms with Gasteiger partial charge in [0.1, 0.15) is 0 Å². The second kappa shape index (κ2) is 8.77. The van der Waals surface area contributed by atoms with Crippen LogP contribution in [0.5, 0.6) is 0 Å². The highest BCUT2D eigenvalue weighted by Gasteiger charge is 2.12. The number of rotatable bonds is 7. The molecule has 0 aliphatic carbocycles. The number of carbonyl (C=O) groups excluding carboxylic acids is 2. The van der Waals surface area contributed by atoms with Gasteiger partial charge in [0, 0.05) is 31.7 Å². The predicted molar refractivity (Wildman–Crippen MR) is 95.0 cm³/mol. The molecule has 7 nitrogen and oxygen atoms in total. The number of hydrogen-bond donors (Lipinski definition) is 1. The average Bonchev–Trinajstić information content (AvgIpc) is 2.66. The van der Waals surface area contributed by atoms with Crippen LogP contribution >= 0.6 is 0 Å². The third kappa shape index (κ3) is 5.00. The standard InChI is InChI=1S/C18H22N4O3/c1-4-5-10-22(2)16(23)14-11-19-18(20-12-14)21-15-8-6-13(7-9-15)17(24)25-3/h6-9,11-12H,4-5,10H2,1-3H3,(H,19,20,21). The molecule has 0 spiro atoms. The van der Waals surface area contributed by atoms with Gasteiger partial charge in [0.25, 0.3) is 5.91 Å². The summed E-state index contributed by atoms with van der Waals surface area (Å²) in [7, 11) is 3.11. The number of aromatic nitrogens is 2. The van der Waals surface area contributed by atoms with Gasteiger partial charge >= 0.3 is 5.97 Å². The predicted octanol–water partition coefficient (Wildman–Crippen LogP) is 2.88. The largest absolute Gasteiger partial charge is 0.465 e. The molecule has 132 valence electrons.